The molecular weight excluding hydrogens is 667 g/mol. The molecule has 0 N–H and O–H groups in total. The summed E-state index contributed by atoms with van der Waals surface area (Å²) in [6, 6.07) is 68.1. The molecule has 0 bridgehead atoms. The van der Waals surface area contributed by atoms with Crippen molar-refractivity contribution in [1.29, 1.82) is 0 Å². The highest BCUT2D eigenvalue weighted by Crippen LogP contribution is 2.35. The second kappa shape index (κ2) is 14.9. The summed E-state index contributed by atoms with van der Waals surface area (Å²) in [5.74, 6) is 0.637. The molecule has 3 heteroatoms. The first-order chi connectivity index (χ1) is 27.2. The normalized spacial score (nSPS) is 11.3. The number of nitrogens with zero attached hydrogens (tertiary/aromatic N) is 3. The number of benzene rings is 6. The molecule has 0 fully saturated rings. The lowest BCUT2D eigenvalue weighted by Crippen LogP contribution is -1.97. The molecule has 2 aromatic heterocycles. The molecule has 0 aliphatic rings. The lowest BCUT2D eigenvalue weighted by molar-refractivity contribution is 1.18. The minimum Gasteiger partial charge on any atom is -0.264 e. The molecule has 258 valence electrons. The Kier molecular flexibility index (Phi) is 9.06. The molecular formula is C52H35N3. The number of rotatable bonds is 8. The van der Waals surface area contributed by atoms with Crippen molar-refractivity contribution in [3.8, 4) is 56.2 Å². The van der Waals surface area contributed by atoms with Crippen molar-refractivity contribution in [1.82, 2.24) is 15.0 Å². The Morgan fingerprint density at radius 3 is 2.09 bits per heavy atom. The topological polar surface area (TPSA) is 38.7 Å². The van der Waals surface area contributed by atoms with Crippen molar-refractivity contribution >= 4 is 22.4 Å². The van der Waals surface area contributed by atoms with Gasteiger partial charge in [-0.2, -0.15) is 0 Å². The van der Waals surface area contributed by atoms with Gasteiger partial charge in [-0.05, 0) is 99.1 Å². The highest BCUT2D eigenvalue weighted by atomic mass is 14.9. The van der Waals surface area contributed by atoms with Gasteiger partial charge in [-0.3, -0.25) is 4.98 Å². The molecule has 2 heterocycles. The minimum absolute atomic E-state index is 0.637. The molecule has 0 atom stereocenters. The number of aromatic nitrogens is 3. The Balaban J connectivity index is 1.19. The van der Waals surface area contributed by atoms with Crippen LogP contribution in [-0.2, 0) is 0 Å². The van der Waals surface area contributed by atoms with Crippen LogP contribution in [0.5, 0.6) is 0 Å². The molecule has 0 saturated carbocycles. The first kappa shape index (κ1) is 33.4. The molecule has 55 heavy (non-hydrogen) atoms. The van der Waals surface area contributed by atoms with E-state index in [2.05, 4.69) is 188 Å². The van der Waals surface area contributed by atoms with E-state index in [1.807, 2.05) is 24.4 Å². The first-order valence-corrected chi connectivity index (χ1v) is 18.4. The molecule has 0 spiro atoms. The van der Waals surface area contributed by atoms with Gasteiger partial charge in [-0.15, -0.1) is 0 Å². The summed E-state index contributed by atoms with van der Waals surface area (Å²) in [6.45, 7) is 2.16. The zero-order chi connectivity index (χ0) is 37.0. The van der Waals surface area contributed by atoms with Crippen LogP contribution in [0.1, 0.15) is 22.3 Å². The number of aryl methyl sites for hydroxylation is 1. The quantitative estimate of drug-likeness (QED) is 0.148. The lowest BCUT2D eigenvalue weighted by Gasteiger charge is -2.14. The Bertz CT molecular complexity index is 2800. The lowest BCUT2D eigenvalue weighted by atomic mass is 9.91. The fourth-order valence-corrected chi connectivity index (χ4v) is 7.14. The molecule has 7 aromatic carbocycles. The standard InChI is InChI=1S/C52H35N3/c1-36-13-5-7-23-46(36)49(31-37-14-3-2-4-15-37)42-19-10-21-44(33-42)52-54-50(40-28-26-38(27-29-40)45-22-12-30-53-35-45)34-51(55-52)43-20-9-18-41(32-43)48-25-11-17-39-16-6-8-24-47(39)48/h2-26,28,30-35H,1H3/b49-31-. The summed E-state index contributed by atoms with van der Waals surface area (Å²) in [4.78, 5) is 14.8. The van der Waals surface area contributed by atoms with E-state index in [1.165, 1.54) is 27.5 Å². The molecule has 9 aromatic rings. The molecule has 0 aliphatic heterocycles. The summed E-state index contributed by atoms with van der Waals surface area (Å²) >= 11 is 0. The van der Waals surface area contributed by atoms with Crippen molar-refractivity contribution in [3.05, 3.63) is 223 Å². The summed E-state index contributed by atoms with van der Waals surface area (Å²) in [7, 11) is 0. The molecule has 0 saturated heterocycles. The molecule has 3 nitrogen and oxygen atoms in total. The zero-order valence-electron chi connectivity index (χ0n) is 30.3. The summed E-state index contributed by atoms with van der Waals surface area (Å²) in [5, 5.41) is 2.43. The smallest absolute Gasteiger partial charge is 0.160 e. The van der Waals surface area contributed by atoms with Gasteiger partial charge < -0.3 is 0 Å². The maximum absolute atomic E-state index is 5.27. The predicted molar refractivity (Wildman–Crippen MR) is 227 cm³/mol. The third-order valence-corrected chi connectivity index (χ3v) is 9.96. The molecule has 9 rings (SSSR count). The van der Waals surface area contributed by atoms with E-state index in [-0.39, 0.29) is 0 Å². The maximum Gasteiger partial charge on any atom is 0.160 e. The van der Waals surface area contributed by atoms with E-state index >= 15 is 0 Å². The summed E-state index contributed by atoms with van der Waals surface area (Å²) < 4.78 is 0. The average molecular weight is 702 g/mol. The highest BCUT2D eigenvalue weighted by Gasteiger charge is 2.15. The van der Waals surface area contributed by atoms with Gasteiger partial charge >= 0.3 is 0 Å². The first-order valence-electron chi connectivity index (χ1n) is 18.4. The molecule has 0 unspecified atom stereocenters. The van der Waals surface area contributed by atoms with Gasteiger partial charge in [-0.25, -0.2) is 9.97 Å². The van der Waals surface area contributed by atoms with Crippen LogP contribution >= 0.6 is 0 Å². The number of hydrogen-bond donors (Lipinski definition) is 0. The number of hydrogen-bond acceptors (Lipinski definition) is 3. The van der Waals surface area contributed by atoms with E-state index in [9.17, 15) is 0 Å². The second-order valence-electron chi connectivity index (χ2n) is 13.6. The molecule has 0 amide bonds. The van der Waals surface area contributed by atoms with E-state index < -0.39 is 0 Å². The van der Waals surface area contributed by atoms with Crippen LogP contribution in [0.2, 0.25) is 0 Å². The van der Waals surface area contributed by atoms with E-state index in [0.717, 1.165) is 61.5 Å². The van der Waals surface area contributed by atoms with Crippen molar-refractivity contribution in [2.45, 2.75) is 6.92 Å². The zero-order valence-corrected chi connectivity index (χ0v) is 30.3. The van der Waals surface area contributed by atoms with Crippen LogP contribution in [0, 0.1) is 19.1 Å². The van der Waals surface area contributed by atoms with Crippen LogP contribution in [-0.4, -0.2) is 15.0 Å². The fraction of sp³-hybridized carbons (Fsp3) is 0.0192. The SMILES string of the molecule is Cc1ccccc1/C(=C\c1ccccc1)c1cccc(-c2nc(-c3c#cc(-c4cccnc4)cc3)cc(-c3cccc(-c4cccc5ccccc45)c3)n2)c1. The Labute approximate surface area is 322 Å². The Morgan fingerprint density at radius 2 is 1.24 bits per heavy atom. The van der Waals surface area contributed by atoms with Gasteiger partial charge in [0.25, 0.3) is 0 Å². The van der Waals surface area contributed by atoms with Crippen molar-refractivity contribution in [2.24, 2.45) is 0 Å². The molecule has 0 aliphatic carbocycles. The van der Waals surface area contributed by atoms with E-state index in [0.29, 0.717) is 5.82 Å². The summed E-state index contributed by atoms with van der Waals surface area (Å²) in [5.41, 5.74) is 14.4. The largest absolute Gasteiger partial charge is 0.264 e. The maximum atomic E-state index is 5.27. The van der Waals surface area contributed by atoms with Gasteiger partial charge in [0.2, 0.25) is 0 Å². The van der Waals surface area contributed by atoms with Crippen LogP contribution in [0.4, 0.5) is 0 Å². The van der Waals surface area contributed by atoms with Crippen LogP contribution in [0.25, 0.3) is 78.6 Å². The van der Waals surface area contributed by atoms with Crippen molar-refractivity contribution in [2.75, 3.05) is 0 Å². The molecule has 0 radical (unpaired) electrons. The van der Waals surface area contributed by atoms with Crippen LogP contribution in [0.15, 0.2) is 188 Å². The van der Waals surface area contributed by atoms with Crippen molar-refractivity contribution in [3.63, 3.8) is 0 Å². The van der Waals surface area contributed by atoms with Gasteiger partial charge in [0.15, 0.2) is 5.82 Å². The predicted octanol–water partition coefficient (Wildman–Crippen LogP) is 12.9. The fourth-order valence-electron chi connectivity index (χ4n) is 7.14. The third-order valence-electron chi connectivity index (χ3n) is 9.96. The third kappa shape index (κ3) is 7.05. The van der Waals surface area contributed by atoms with Crippen LogP contribution < -0.4 is 0 Å². The summed E-state index contributed by atoms with van der Waals surface area (Å²) in [6.07, 6.45) is 5.88. The average Bonchev–Trinajstić information content (AvgIpc) is 3.26. The number of fused-ring (bicyclic) bond motifs is 1. The highest BCUT2D eigenvalue weighted by molar-refractivity contribution is 5.97. The Hall–Kier alpha value is -7.41. The van der Waals surface area contributed by atoms with Gasteiger partial charge in [0, 0.05) is 34.6 Å². The van der Waals surface area contributed by atoms with Gasteiger partial charge in [0.05, 0.1) is 17.0 Å². The Morgan fingerprint density at radius 1 is 0.527 bits per heavy atom. The van der Waals surface area contributed by atoms with E-state index in [1.54, 1.807) is 6.20 Å². The number of pyridine rings is 1. The van der Waals surface area contributed by atoms with Crippen molar-refractivity contribution < 1.29 is 0 Å². The monoisotopic (exact) mass is 701 g/mol. The second-order valence-corrected chi connectivity index (χ2v) is 13.6. The minimum atomic E-state index is 0.637. The van der Waals surface area contributed by atoms with Gasteiger partial charge in [-0.1, -0.05) is 152 Å². The van der Waals surface area contributed by atoms with Crippen LogP contribution in [0.3, 0.4) is 0 Å². The van der Waals surface area contributed by atoms with Gasteiger partial charge in [0.1, 0.15) is 0 Å². The van der Waals surface area contributed by atoms with E-state index in [4.69, 9.17) is 9.97 Å².